The molecule has 1 heterocycles. The van der Waals surface area contributed by atoms with Crippen LogP contribution < -0.4 is 5.23 Å². The number of fused-ring (bicyclic) bond motifs is 1. The number of hydrogen-bond donors (Lipinski definition) is 1. The fourth-order valence-electron chi connectivity index (χ4n) is 2.79. The second-order valence-corrected chi connectivity index (χ2v) is 5.28. The smallest absolute Gasteiger partial charge is 0.339 e. The van der Waals surface area contributed by atoms with E-state index in [1.165, 1.54) is 31.4 Å². The van der Waals surface area contributed by atoms with Gasteiger partial charge in [-0.25, -0.2) is 4.79 Å². The van der Waals surface area contributed by atoms with Gasteiger partial charge in [0.25, 0.3) is 0 Å². The van der Waals surface area contributed by atoms with Gasteiger partial charge in [-0.1, -0.05) is 30.3 Å². The fraction of sp³-hybridized carbons (Fsp3) is 0.176. The molecule has 0 spiro atoms. The monoisotopic (exact) mass is 328 g/mol. The summed E-state index contributed by atoms with van der Waals surface area (Å²) in [6.45, 7) is 0. The van der Waals surface area contributed by atoms with Crippen LogP contribution in [0.2, 0.25) is 0 Å². The second kappa shape index (κ2) is 6.31. The van der Waals surface area contributed by atoms with Gasteiger partial charge in [-0.05, 0) is 29.3 Å². The van der Waals surface area contributed by atoms with Gasteiger partial charge in [-0.3, -0.25) is 10.0 Å². The largest absolute Gasteiger partial charge is 0.733 e. The summed E-state index contributed by atoms with van der Waals surface area (Å²) in [7, 11) is 1.27. The first-order valence-corrected chi connectivity index (χ1v) is 7.16. The molecule has 24 heavy (non-hydrogen) atoms. The van der Waals surface area contributed by atoms with E-state index in [1.807, 2.05) is 0 Å². The molecule has 3 rings (SSSR count). The molecule has 0 aromatic heterocycles. The van der Waals surface area contributed by atoms with Crippen LogP contribution in [0, 0.1) is 5.21 Å². The van der Waals surface area contributed by atoms with Crippen molar-refractivity contribution in [1.82, 2.24) is 0 Å². The van der Waals surface area contributed by atoms with Crippen LogP contribution in [0.3, 0.4) is 0 Å². The van der Waals surface area contributed by atoms with Crippen LogP contribution in [0.25, 0.3) is 0 Å². The highest BCUT2D eigenvalue weighted by Crippen LogP contribution is 2.41. The topological polar surface area (TPSA) is 99.1 Å². The lowest BCUT2D eigenvalue weighted by Crippen LogP contribution is -2.31. The van der Waals surface area contributed by atoms with Crippen LogP contribution in [0.4, 0.5) is 5.69 Å². The van der Waals surface area contributed by atoms with Crippen LogP contribution in [-0.2, 0) is 14.3 Å². The zero-order valence-corrected chi connectivity index (χ0v) is 12.7. The van der Waals surface area contributed by atoms with E-state index in [1.54, 1.807) is 24.3 Å². The fourth-order valence-corrected chi connectivity index (χ4v) is 2.79. The number of rotatable bonds is 3. The van der Waals surface area contributed by atoms with Gasteiger partial charge in [0, 0.05) is 0 Å². The van der Waals surface area contributed by atoms with Crippen molar-refractivity contribution in [2.45, 2.75) is 12.0 Å². The van der Waals surface area contributed by atoms with Crippen molar-refractivity contribution in [1.29, 1.82) is 0 Å². The number of anilines is 1. The van der Waals surface area contributed by atoms with E-state index in [9.17, 15) is 14.8 Å². The van der Waals surface area contributed by atoms with Gasteiger partial charge in [0.15, 0.2) is 0 Å². The first-order valence-electron chi connectivity index (χ1n) is 7.16. The molecule has 7 heteroatoms. The molecule has 2 aromatic rings. The molecule has 2 aromatic carbocycles. The van der Waals surface area contributed by atoms with E-state index in [4.69, 9.17) is 14.7 Å². The van der Waals surface area contributed by atoms with Crippen molar-refractivity contribution in [2.75, 3.05) is 12.3 Å². The lowest BCUT2D eigenvalue weighted by Gasteiger charge is -2.31. The number of nitrogens with zero attached hydrogens (tertiary/aromatic N) is 1. The molecule has 1 aliphatic heterocycles. The van der Waals surface area contributed by atoms with Gasteiger partial charge in [-0.2, -0.15) is 0 Å². The van der Waals surface area contributed by atoms with Crippen molar-refractivity contribution >= 4 is 17.6 Å². The number of carbonyl (C=O) groups is 2. The number of carbonyl (C=O) groups excluding carboxylic acids is 2. The summed E-state index contributed by atoms with van der Waals surface area (Å²) in [6.07, 6.45) is -0.882. The highest BCUT2D eigenvalue weighted by molar-refractivity contribution is 5.96. The molecule has 0 bridgehead atoms. The predicted molar refractivity (Wildman–Crippen MR) is 83.4 cm³/mol. The SMILES string of the molecule is COC(=O)[C@H]1c2ccccc2C(=O)O[C@@H]1c1ccc(N([O-])O)cc1. The minimum Gasteiger partial charge on any atom is -0.733 e. The van der Waals surface area contributed by atoms with Crippen LogP contribution in [0.15, 0.2) is 48.5 Å². The molecule has 1 aliphatic rings. The summed E-state index contributed by atoms with van der Waals surface area (Å²) < 4.78 is 10.3. The molecule has 0 saturated carbocycles. The van der Waals surface area contributed by atoms with Crippen molar-refractivity contribution in [3.8, 4) is 0 Å². The minimum absolute atomic E-state index is 0.0240. The third-order valence-corrected chi connectivity index (χ3v) is 3.95. The molecule has 2 atom stereocenters. The molecular formula is C17H14NO6-. The van der Waals surface area contributed by atoms with Crippen molar-refractivity contribution in [2.24, 2.45) is 0 Å². The summed E-state index contributed by atoms with van der Waals surface area (Å²) in [6, 6.07) is 12.5. The average Bonchev–Trinajstić information content (AvgIpc) is 2.61. The van der Waals surface area contributed by atoms with E-state index < -0.39 is 24.0 Å². The molecule has 0 aliphatic carbocycles. The maximum Gasteiger partial charge on any atom is 0.339 e. The number of methoxy groups -OCH3 is 1. The van der Waals surface area contributed by atoms with Gasteiger partial charge in [-0.15, -0.1) is 0 Å². The quantitative estimate of drug-likeness (QED) is 0.682. The number of hydrogen-bond acceptors (Lipinski definition) is 7. The molecule has 1 N–H and O–H groups in total. The van der Waals surface area contributed by atoms with Crippen LogP contribution in [0.5, 0.6) is 0 Å². The average molecular weight is 328 g/mol. The Morgan fingerprint density at radius 3 is 2.50 bits per heavy atom. The van der Waals surface area contributed by atoms with Crippen molar-refractivity contribution in [3.63, 3.8) is 0 Å². The standard InChI is InChI=1S/C17H14NO6/c1-23-17(20)14-12-4-2-3-5-13(12)16(19)24-15(14)10-6-8-11(9-7-10)18(21)22/h2-9,14-15,21H,1H3/q-1/t14-,15+/m0/s1. The molecule has 0 amide bonds. The second-order valence-electron chi connectivity index (χ2n) is 5.28. The Hall–Kier alpha value is -2.90. The summed E-state index contributed by atoms with van der Waals surface area (Å²) in [5.74, 6) is -1.88. The Morgan fingerprint density at radius 1 is 1.21 bits per heavy atom. The minimum atomic E-state index is -0.882. The van der Waals surface area contributed by atoms with E-state index >= 15 is 0 Å². The number of esters is 2. The number of cyclic esters (lactones) is 1. The lowest BCUT2D eigenvalue weighted by molar-refractivity contribution is -0.146. The zero-order chi connectivity index (χ0) is 17.3. The van der Waals surface area contributed by atoms with Crippen molar-refractivity contribution < 1.29 is 24.3 Å². The summed E-state index contributed by atoms with van der Waals surface area (Å²) in [5, 5.41) is 19.5. The zero-order valence-electron chi connectivity index (χ0n) is 12.7. The normalized spacial score (nSPS) is 19.2. The highest BCUT2D eigenvalue weighted by atomic mass is 16.8. The molecule has 0 unspecified atom stereocenters. The van der Waals surface area contributed by atoms with Gasteiger partial charge in [0.2, 0.25) is 0 Å². The molecule has 0 saturated heterocycles. The summed E-state index contributed by atoms with van der Waals surface area (Å²) >= 11 is 0. The van der Waals surface area contributed by atoms with Gasteiger partial charge in [0.05, 0.1) is 18.4 Å². The predicted octanol–water partition coefficient (Wildman–Crippen LogP) is 2.55. The molecule has 124 valence electrons. The van der Waals surface area contributed by atoms with Gasteiger partial charge >= 0.3 is 11.9 Å². The number of benzene rings is 2. The van der Waals surface area contributed by atoms with E-state index in [-0.39, 0.29) is 10.9 Å². The first kappa shape index (κ1) is 16.0. The van der Waals surface area contributed by atoms with E-state index in [2.05, 4.69) is 0 Å². The van der Waals surface area contributed by atoms with Gasteiger partial charge in [0.1, 0.15) is 12.0 Å². The van der Waals surface area contributed by atoms with Crippen LogP contribution in [-0.4, -0.2) is 24.3 Å². The summed E-state index contributed by atoms with van der Waals surface area (Å²) in [5.41, 5.74) is 1.39. The Balaban J connectivity index is 2.06. The van der Waals surface area contributed by atoms with E-state index in [0.717, 1.165) is 0 Å². The lowest BCUT2D eigenvalue weighted by atomic mass is 9.84. The Morgan fingerprint density at radius 2 is 1.88 bits per heavy atom. The molecule has 0 fully saturated rings. The maximum atomic E-state index is 12.3. The van der Waals surface area contributed by atoms with Crippen molar-refractivity contribution in [3.05, 3.63) is 70.4 Å². The number of ether oxygens (including phenoxy) is 2. The van der Waals surface area contributed by atoms with Gasteiger partial charge < -0.3 is 19.9 Å². The molecule has 0 radical (unpaired) electrons. The summed E-state index contributed by atoms with van der Waals surface area (Å²) in [4.78, 5) is 24.5. The molecular weight excluding hydrogens is 314 g/mol. The van der Waals surface area contributed by atoms with Crippen LogP contribution >= 0.6 is 0 Å². The molecule has 7 nitrogen and oxygen atoms in total. The first-order chi connectivity index (χ1) is 11.5. The Kier molecular flexibility index (Phi) is 4.20. The third kappa shape index (κ3) is 2.70. The third-order valence-electron chi connectivity index (χ3n) is 3.95. The maximum absolute atomic E-state index is 12.3. The Bertz CT molecular complexity index is 771. The highest BCUT2D eigenvalue weighted by Gasteiger charge is 2.41. The van der Waals surface area contributed by atoms with Crippen LogP contribution in [0.1, 0.15) is 33.5 Å². The van der Waals surface area contributed by atoms with E-state index in [0.29, 0.717) is 16.7 Å². The Labute approximate surface area is 137 Å².